The SMILES string of the molecule is Cc1cc(OS(=O)O)cc2c1CN(C(=O)OC(C)(C)C)CC2. The number of fused-ring (bicyclic) bond motifs is 1. The van der Waals surface area contributed by atoms with E-state index in [1.54, 1.807) is 17.0 Å². The zero-order chi connectivity index (χ0) is 16.5. The molecule has 6 nitrogen and oxygen atoms in total. The monoisotopic (exact) mass is 327 g/mol. The number of hydrogen-bond donors (Lipinski definition) is 1. The number of hydrogen-bond acceptors (Lipinski definition) is 4. The zero-order valence-corrected chi connectivity index (χ0v) is 14.0. The van der Waals surface area contributed by atoms with E-state index in [2.05, 4.69) is 0 Å². The molecule has 0 radical (unpaired) electrons. The van der Waals surface area contributed by atoms with Crippen molar-refractivity contribution < 1.29 is 22.5 Å². The lowest BCUT2D eigenvalue weighted by Gasteiger charge is -2.32. The van der Waals surface area contributed by atoms with Gasteiger partial charge in [-0.1, -0.05) is 0 Å². The van der Waals surface area contributed by atoms with Crippen molar-refractivity contribution in [2.45, 2.75) is 46.3 Å². The summed E-state index contributed by atoms with van der Waals surface area (Å²) in [6, 6.07) is 3.45. The number of carbonyl (C=O) groups excluding carboxylic acids is 1. The molecule has 1 unspecified atom stereocenters. The van der Waals surface area contributed by atoms with E-state index in [1.165, 1.54) is 0 Å². The molecule has 0 spiro atoms. The van der Waals surface area contributed by atoms with Crippen LogP contribution in [0.3, 0.4) is 0 Å². The number of aryl methyl sites for hydroxylation is 1. The van der Waals surface area contributed by atoms with E-state index in [-0.39, 0.29) is 6.09 Å². The maximum absolute atomic E-state index is 12.2. The maximum atomic E-state index is 12.2. The Morgan fingerprint density at radius 2 is 2.05 bits per heavy atom. The molecule has 1 aromatic rings. The molecule has 1 N–H and O–H groups in total. The molecule has 2 rings (SSSR count). The van der Waals surface area contributed by atoms with E-state index in [0.717, 1.165) is 16.7 Å². The van der Waals surface area contributed by atoms with Crippen LogP contribution in [0.4, 0.5) is 4.79 Å². The third-order valence-electron chi connectivity index (χ3n) is 3.36. The molecule has 1 aliphatic rings. The fourth-order valence-corrected chi connectivity index (χ4v) is 2.70. The van der Waals surface area contributed by atoms with E-state index < -0.39 is 17.0 Å². The molecule has 0 aromatic heterocycles. The lowest BCUT2D eigenvalue weighted by Crippen LogP contribution is -2.40. The van der Waals surface area contributed by atoms with Gasteiger partial charge in [-0.3, -0.25) is 4.55 Å². The van der Waals surface area contributed by atoms with Crippen LogP contribution in [0.15, 0.2) is 12.1 Å². The lowest BCUT2D eigenvalue weighted by atomic mass is 9.95. The fourth-order valence-electron chi connectivity index (χ4n) is 2.44. The van der Waals surface area contributed by atoms with Gasteiger partial charge in [-0.15, -0.1) is 0 Å². The number of benzene rings is 1. The molecule has 7 heteroatoms. The van der Waals surface area contributed by atoms with Crippen molar-refractivity contribution in [2.24, 2.45) is 0 Å². The van der Waals surface area contributed by atoms with Crippen molar-refractivity contribution in [2.75, 3.05) is 6.54 Å². The second-order valence-electron chi connectivity index (χ2n) is 6.33. The van der Waals surface area contributed by atoms with Gasteiger partial charge in [-0.05, 0) is 62.9 Å². The first-order valence-corrected chi connectivity index (χ1v) is 8.08. The lowest BCUT2D eigenvalue weighted by molar-refractivity contribution is 0.0223. The molecular formula is C15H21NO5S. The summed E-state index contributed by atoms with van der Waals surface area (Å²) in [7, 11) is 0. The van der Waals surface area contributed by atoms with E-state index in [9.17, 15) is 9.00 Å². The molecular weight excluding hydrogens is 306 g/mol. The number of rotatable bonds is 2. The Bertz CT molecular complexity index is 609. The van der Waals surface area contributed by atoms with Crippen LogP contribution in [0.2, 0.25) is 0 Å². The topological polar surface area (TPSA) is 76.1 Å². The third-order valence-corrected chi connectivity index (χ3v) is 3.69. The Morgan fingerprint density at radius 1 is 1.36 bits per heavy atom. The third kappa shape index (κ3) is 4.20. The Balaban J connectivity index is 2.17. The summed E-state index contributed by atoms with van der Waals surface area (Å²) < 4.78 is 29.8. The smallest absolute Gasteiger partial charge is 0.410 e. The highest BCUT2D eigenvalue weighted by Crippen LogP contribution is 2.28. The number of carbonyl (C=O) groups is 1. The summed E-state index contributed by atoms with van der Waals surface area (Å²) in [6.07, 6.45) is 0.333. The van der Waals surface area contributed by atoms with Crippen LogP contribution < -0.4 is 4.18 Å². The zero-order valence-electron chi connectivity index (χ0n) is 13.2. The van der Waals surface area contributed by atoms with Crippen LogP contribution in [-0.4, -0.2) is 31.9 Å². The molecule has 0 aliphatic carbocycles. The van der Waals surface area contributed by atoms with Gasteiger partial charge in [0.25, 0.3) is 0 Å². The highest BCUT2D eigenvalue weighted by molar-refractivity contribution is 7.74. The highest BCUT2D eigenvalue weighted by atomic mass is 32.2. The van der Waals surface area contributed by atoms with Crippen LogP contribution in [0.1, 0.15) is 37.5 Å². The minimum Gasteiger partial charge on any atom is -0.444 e. The van der Waals surface area contributed by atoms with Crippen LogP contribution in [0.25, 0.3) is 0 Å². The number of nitrogens with zero attached hydrogens (tertiary/aromatic N) is 1. The van der Waals surface area contributed by atoms with E-state index in [4.69, 9.17) is 13.5 Å². The van der Waals surface area contributed by atoms with Crippen molar-refractivity contribution in [1.82, 2.24) is 4.90 Å². The summed E-state index contributed by atoms with van der Waals surface area (Å²) in [5, 5.41) is 0. The summed E-state index contributed by atoms with van der Waals surface area (Å²) in [5.41, 5.74) is 2.47. The Hall–Kier alpha value is -1.60. The molecule has 0 bridgehead atoms. The largest absolute Gasteiger partial charge is 0.444 e. The van der Waals surface area contributed by atoms with Gasteiger partial charge in [0.2, 0.25) is 0 Å². The van der Waals surface area contributed by atoms with E-state index >= 15 is 0 Å². The van der Waals surface area contributed by atoms with Gasteiger partial charge in [0, 0.05) is 13.1 Å². The van der Waals surface area contributed by atoms with Crippen molar-refractivity contribution >= 4 is 17.5 Å². The quantitative estimate of drug-likeness (QED) is 0.845. The van der Waals surface area contributed by atoms with Gasteiger partial charge in [0.05, 0.1) is 0 Å². The summed E-state index contributed by atoms with van der Waals surface area (Å²) in [4.78, 5) is 13.8. The fraction of sp³-hybridized carbons (Fsp3) is 0.533. The Kier molecular flexibility index (Phi) is 4.77. The molecule has 0 fully saturated rings. The summed E-state index contributed by atoms with van der Waals surface area (Å²) in [6.45, 7) is 8.43. The number of amides is 1. The first-order valence-electron chi connectivity index (χ1n) is 7.05. The number of ether oxygens (including phenoxy) is 1. The highest BCUT2D eigenvalue weighted by Gasteiger charge is 2.26. The standard InChI is InChI=1S/C15H21NO5S/c1-10-7-12(21-22(18)19)8-11-5-6-16(9-13(10)11)14(17)20-15(2,3)4/h7-8H,5-6,9H2,1-4H3,(H,18,19). The van der Waals surface area contributed by atoms with Crippen molar-refractivity contribution in [3.63, 3.8) is 0 Å². The van der Waals surface area contributed by atoms with Crippen molar-refractivity contribution in [1.29, 1.82) is 0 Å². The van der Waals surface area contributed by atoms with Crippen LogP contribution >= 0.6 is 0 Å². The second kappa shape index (κ2) is 6.26. The van der Waals surface area contributed by atoms with Gasteiger partial charge in [0.1, 0.15) is 11.4 Å². The Morgan fingerprint density at radius 3 is 2.64 bits per heavy atom. The summed E-state index contributed by atoms with van der Waals surface area (Å²) in [5.74, 6) is 0.364. The van der Waals surface area contributed by atoms with Gasteiger partial charge < -0.3 is 13.8 Å². The molecule has 1 heterocycles. The van der Waals surface area contributed by atoms with Gasteiger partial charge in [-0.2, -0.15) is 4.21 Å². The summed E-state index contributed by atoms with van der Waals surface area (Å²) >= 11 is -2.34. The predicted molar refractivity (Wildman–Crippen MR) is 82.9 cm³/mol. The second-order valence-corrected chi connectivity index (χ2v) is 6.93. The molecule has 1 atom stereocenters. The van der Waals surface area contributed by atoms with Crippen LogP contribution in [-0.2, 0) is 29.1 Å². The maximum Gasteiger partial charge on any atom is 0.410 e. The van der Waals surface area contributed by atoms with E-state index in [0.29, 0.717) is 25.3 Å². The van der Waals surface area contributed by atoms with E-state index in [1.807, 2.05) is 27.7 Å². The average Bonchev–Trinajstić information content (AvgIpc) is 2.35. The first-order chi connectivity index (χ1) is 10.2. The van der Waals surface area contributed by atoms with Crippen molar-refractivity contribution in [3.05, 3.63) is 28.8 Å². The Labute approximate surface area is 132 Å². The molecule has 1 amide bonds. The average molecular weight is 327 g/mol. The van der Waals surface area contributed by atoms with Gasteiger partial charge >= 0.3 is 17.5 Å². The molecule has 0 saturated heterocycles. The van der Waals surface area contributed by atoms with Crippen LogP contribution in [0.5, 0.6) is 5.75 Å². The molecule has 122 valence electrons. The minimum atomic E-state index is -2.34. The molecule has 1 aliphatic heterocycles. The molecule has 0 saturated carbocycles. The van der Waals surface area contributed by atoms with Gasteiger partial charge in [-0.25, -0.2) is 4.79 Å². The molecule has 1 aromatic carbocycles. The normalized spacial score (nSPS) is 16.0. The van der Waals surface area contributed by atoms with Crippen LogP contribution in [0, 0.1) is 6.92 Å². The molecule has 22 heavy (non-hydrogen) atoms. The first kappa shape index (κ1) is 16.8. The minimum absolute atomic E-state index is 0.325. The van der Waals surface area contributed by atoms with Crippen molar-refractivity contribution in [3.8, 4) is 5.75 Å². The predicted octanol–water partition coefficient (Wildman–Crippen LogP) is 2.80. The van der Waals surface area contributed by atoms with Gasteiger partial charge in [0.15, 0.2) is 0 Å².